The fourth-order valence-electron chi connectivity index (χ4n) is 1.64. The van der Waals surface area contributed by atoms with Gasteiger partial charge in [-0.05, 0) is 25.6 Å². The van der Waals surface area contributed by atoms with E-state index in [1.807, 2.05) is 18.9 Å². The van der Waals surface area contributed by atoms with Gasteiger partial charge in [0, 0.05) is 29.7 Å². The molecule has 1 unspecified atom stereocenters. The van der Waals surface area contributed by atoms with Gasteiger partial charge in [-0.2, -0.15) is 5.26 Å². The van der Waals surface area contributed by atoms with Crippen LogP contribution in [0.3, 0.4) is 0 Å². The zero-order valence-corrected chi connectivity index (χ0v) is 11.8. The molecule has 0 N–H and O–H groups in total. The quantitative estimate of drug-likeness (QED) is 0.619. The molecule has 5 nitrogen and oxygen atoms in total. The molecule has 0 aliphatic rings. The van der Waals surface area contributed by atoms with Crippen LogP contribution in [0.25, 0.3) is 0 Å². The smallest absolute Gasteiger partial charge is 0.270 e. The zero-order chi connectivity index (χ0) is 13.7. The number of nitro groups is 1. The first-order valence-electron chi connectivity index (χ1n) is 5.45. The second-order valence-electron chi connectivity index (χ2n) is 4.26. The number of hydrogen-bond donors (Lipinski definition) is 0. The maximum absolute atomic E-state index is 10.6. The van der Waals surface area contributed by atoms with Gasteiger partial charge in [-0.15, -0.1) is 0 Å². The van der Waals surface area contributed by atoms with Crippen LogP contribution in [0.4, 0.5) is 5.69 Å². The molecule has 1 atom stereocenters. The van der Waals surface area contributed by atoms with Crippen molar-refractivity contribution in [1.29, 1.82) is 5.26 Å². The monoisotopic (exact) mass is 311 g/mol. The lowest BCUT2D eigenvalue weighted by atomic mass is 10.1. The van der Waals surface area contributed by atoms with Gasteiger partial charge in [0.15, 0.2) is 0 Å². The molecule has 0 saturated heterocycles. The van der Waals surface area contributed by atoms with E-state index in [-0.39, 0.29) is 11.6 Å². The van der Waals surface area contributed by atoms with E-state index in [1.165, 1.54) is 12.1 Å². The number of nitrogens with zero attached hydrogens (tertiary/aromatic N) is 3. The molecule has 0 aromatic heterocycles. The van der Waals surface area contributed by atoms with Crippen LogP contribution in [0.2, 0.25) is 0 Å². The summed E-state index contributed by atoms with van der Waals surface area (Å²) in [5.74, 6) is -0.0353. The summed E-state index contributed by atoms with van der Waals surface area (Å²) in [6.45, 7) is 3.17. The fraction of sp³-hybridized carbons (Fsp3) is 0.417. The summed E-state index contributed by atoms with van der Waals surface area (Å²) in [6.07, 6.45) is 0. The maximum atomic E-state index is 10.6. The van der Waals surface area contributed by atoms with Gasteiger partial charge in [0.05, 0.1) is 16.9 Å². The molecule has 18 heavy (non-hydrogen) atoms. The zero-order valence-electron chi connectivity index (χ0n) is 10.3. The largest absolute Gasteiger partial charge is 0.301 e. The molecule has 1 aromatic rings. The molecule has 0 aliphatic heterocycles. The fourth-order valence-corrected chi connectivity index (χ4v) is 2.13. The lowest BCUT2D eigenvalue weighted by Gasteiger charge is -2.18. The Labute approximate surface area is 114 Å². The van der Waals surface area contributed by atoms with E-state index in [0.717, 1.165) is 5.56 Å². The van der Waals surface area contributed by atoms with Crippen LogP contribution in [0.15, 0.2) is 22.7 Å². The number of hydrogen-bond acceptors (Lipinski definition) is 4. The van der Waals surface area contributed by atoms with Crippen molar-refractivity contribution in [3.8, 4) is 6.07 Å². The van der Waals surface area contributed by atoms with Gasteiger partial charge in [-0.3, -0.25) is 10.1 Å². The number of rotatable bonds is 5. The summed E-state index contributed by atoms with van der Waals surface area (Å²) in [4.78, 5) is 12.2. The van der Waals surface area contributed by atoms with E-state index in [9.17, 15) is 10.1 Å². The Balaban J connectivity index is 2.74. The van der Waals surface area contributed by atoms with Crippen molar-refractivity contribution in [3.05, 3.63) is 38.3 Å². The van der Waals surface area contributed by atoms with Gasteiger partial charge in [-0.1, -0.05) is 15.9 Å². The highest BCUT2D eigenvalue weighted by Gasteiger charge is 2.11. The van der Waals surface area contributed by atoms with Gasteiger partial charge in [0.1, 0.15) is 0 Å². The topological polar surface area (TPSA) is 70.2 Å². The molecule has 0 radical (unpaired) electrons. The molecule has 96 valence electrons. The SMILES string of the molecule is CC(C#N)CN(C)Cc1ccc([N+](=O)[O-])cc1Br. The van der Waals surface area contributed by atoms with Crippen LogP contribution < -0.4 is 0 Å². The summed E-state index contributed by atoms with van der Waals surface area (Å²) in [5, 5.41) is 19.4. The predicted molar refractivity (Wildman–Crippen MR) is 71.9 cm³/mol. The minimum atomic E-state index is -0.421. The molecule has 1 aromatic carbocycles. The number of nitro benzene ring substituents is 1. The third-order valence-corrected chi connectivity index (χ3v) is 3.23. The van der Waals surface area contributed by atoms with Crippen LogP contribution >= 0.6 is 15.9 Å². The Kier molecular flexibility index (Phi) is 5.25. The van der Waals surface area contributed by atoms with Crippen molar-refractivity contribution in [2.75, 3.05) is 13.6 Å². The first-order chi connectivity index (χ1) is 8.43. The molecular formula is C12H14BrN3O2. The van der Waals surface area contributed by atoms with Crippen LogP contribution in [-0.4, -0.2) is 23.4 Å². The lowest BCUT2D eigenvalue weighted by molar-refractivity contribution is -0.384. The van der Waals surface area contributed by atoms with Gasteiger partial charge in [0.25, 0.3) is 5.69 Å². The second-order valence-corrected chi connectivity index (χ2v) is 5.11. The van der Waals surface area contributed by atoms with Crippen LogP contribution in [0.5, 0.6) is 0 Å². The van der Waals surface area contributed by atoms with Crippen LogP contribution in [0.1, 0.15) is 12.5 Å². The Bertz CT molecular complexity index is 485. The molecule has 0 saturated carbocycles. The molecule has 0 fully saturated rings. The van der Waals surface area contributed by atoms with E-state index in [2.05, 4.69) is 22.0 Å². The molecule has 0 amide bonds. The molecule has 1 rings (SSSR count). The molecule has 0 aliphatic carbocycles. The van der Waals surface area contributed by atoms with Gasteiger partial charge >= 0.3 is 0 Å². The van der Waals surface area contributed by atoms with E-state index in [4.69, 9.17) is 5.26 Å². The molecule has 6 heteroatoms. The molecule has 0 spiro atoms. The average Bonchev–Trinajstić information content (AvgIpc) is 2.31. The number of non-ortho nitro benzene ring substituents is 1. The van der Waals surface area contributed by atoms with Crippen molar-refractivity contribution in [1.82, 2.24) is 4.90 Å². The molecular weight excluding hydrogens is 298 g/mol. The third kappa shape index (κ3) is 4.09. The summed E-state index contributed by atoms with van der Waals surface area (Å²) in [5.41, 5.74) is 1.03. The summed E-state index contributed by atoms with van der Waals surface area (Å²) in [7, 11) is 1.92. The van der Waals surface area contributed by atoms with Crippen molar-refractivity contribution < 1.29 is 4.92 Å². The molecule has 0 bridgehead atoms. The van der Waals surface area contributed by atoms with Crippen LogP contribution in [0, 0.1) is 27.4 Å². The summed E-state index contributed by atoms with van der Waals surface area (Å²) < 4.78 is 0.716. The van der Waals surface area contributed by atoms with Gasteiger partial charge in [0.2, 0.25) is 0 Å². The standard InChI is InChI=1S/C12H14BrN3O2/c1-9(6-14)7-15(2)8-10-3-4-11(16(17)18)5-12(10)13/h3-5,9H,7-8H2,1-2H3. The molecule has 0 heterocycles. The van der Waals surface area contributed by atoms with Crippen LogP contribution in [-0.2, 0) is 6.54 Å². The Morgan fingerprint density at radius 2 is 2.28 bits per heavy atom. The van der Waals surface area contributed by atoms with Crippen molar-refractivity contribution in [2.45, 2.75) is 13.5 Å². The van der Waals surface area contributed by atoms with Gasteiger partial charge < -0.3 is 4.90 Å². The Hall–Kier alpha value is -1.45. The number of benzene rings is 1. The summed E-state index contributed by atoms with van der Waals surface area (Å²) >= 11 is 3.33. The Morgan fingerprint density at radius 3 is 2.78 bits per heavy atom. The van der Waals surface area contributed by atoms with E-state index >= 15 is 0 Å². The van der Waals surface area contributed by atoms with Crippen molar-refractivity contribution in [2.24, 2.45) is 5.92 Å². The number of halogens is 1. The normalized spacial score (nSPS) is 12.2. The summed E-state index contributed by atoms with van der Waals surface area (Å²) in [6, 6.07) is 6.89. The maximum Gasteiger partial charge on any atom is 0.270 e. The van der Waals surface area contributed by atoms with Crippen molar-refractivity contribution in [3.63, 3.8) is 0 Å². The Morgan fingerprint density at radius 1 is 1.61 bits per heavy atom. The van der Waals surface area contributed by atoms with E-state index < -0.39 is 4.92 Å². The van der Waals surface area contributed by atoms with E-state index in [0.29, 0.717) is 17.6 Å². The minimum absolute atomic E-state index is 0.0353. The second kappa shape index (κ2) is 6.47. The highest BCUT2D eigenvalue weighted by atomic mass is 79.9. The first-order valence-corrected chi connectivity index (χ1v) is 6.24. The van der Waals surface area contributed by atoms with Crippen molar-refractivity contribution >= 4 is 21.6 Å². The minimum Gasteiger partial charge on any atom is -0.301 e. The van der Waals surface area contributed by atoms with Gasteiger partial charge in [-0.25, -0.2) is 0 Å². The highest BCUT2D eigenvalue weighted by Crippen LogP contribution is 2.24. The number of nitriles is 1. The highest BCUT2D eigenvalue weighted by molar-refractivity contribution is 9.10. The average molecular weight is 312 g/mol. The lowest BCUT2D eigenvalue weighted by Crippen LogP contribution is -2.23. The predicted octanol–water partition coefficient (Wildman–Crippen LogP) is 2.95. The first kappa shape index (κ1) is 14.6. The van der Waals surface area contributed by atoms with E-state index in [1.54, 1.807) is 6.07 Å². The third-order valence-electron chi connectivity index (χ3n) is 2.49.